The lowest BCUT2D eigenvalue weighted by Crippen LogP contribution is -2.27. The molecule has 0 aromatic heterocycles. The van der Waals surface area contributed by atoms with Crippen LogP contribution in [0.2, 0.25) is 0 Å². The number of aliphatic hydroxyl groups is 1. The summed E-state index contributed by atoms with van der Waals surface area (Å²) in [5.74, 6) is 0. The normalized spacial score (nSPS) is 25.5. The van der Waals surface area contributed by atoms with Crippen LogP contribution in [0.1, 0.15) is 24.8 Å². The molecule has 0 radical (unpaired) electrons. The Kier molecular flexibility index (Phi) is 3.32. The summed E-state index contributed by atoms with van der Waals surface area (Å²) in [4.78, 5) is 0. The summed E-state index contributed by atoms with van der Waals surface area (Å²) in [6.45, 7) is 2.07. The molecule has 82 valence electrons. The first kappa shape index (κ1) is 11.0. The molecule has 2 unspecified atom stereocenters. The number of hydrogen-bond donors (Lipinski definition) is 2. The van der Waals surface area contributed by atoms with E-state index >= 15 is 0 Å². The van der Waals surface area contributed by atoms with E-state index in [4.69, 9.17) is 0 Å². The molecule has 2 nitrogen and oxygen atoms in total. The van der Waals surface area contributed by atoms with Crippen molar-refractivity contribution in [2.75, 3.05) is 5.32 Å². The quantitative estimate of drug-likeness (QED) is 0.865. The molecule has 0 spiro atoms. The van der Waals surface area contributed by atoms with Gasteiger partial charge in [-0.15, -0.1) is 0 Å². The molecular formula is C12H16BrNO. The van der Waals surface area contributed by atoms with Crippen LogP contribution in [-0.2, 0) is 0 Å². The standard InChI is InChI=1S/C12H16BrNO/c1-8-5-6-10(9(13)7-8)14-11-3-2-4-12(11)15/h5-7,11-12,14-15H,2-4H2,1H3. The summed E-state index contributed by atoms with van der Waals surface area (Å²) in [5, 5.41) is 13.1. The molecular weight excluding hydrogens is 254 g/mol. The number of rotatable bonds is 2. The van der Waals surface area contributed by atoms with E-state index in [2.05, 4.69) is 46.4 Å². The van der Waals surface area contributed by atoms with E-state index in [1.807, 2.05) is 0 Å². The Morgan fingerprint density at radius 1 is 1.40 bits per heavy atom. The minimum absolute atomic E-state index is 0.196. The molecule has 1 saturated carbocycles. The zero-order valence-corrected chi connectivity index (χ0v) is 10.4. The average Bonchev–Trinajstić information content (AvgIpc) is 2.57. The van der Waals surface area contributed by atoms with Gasteiger partial charge in [-0.1, -0.05) is 6.07 Å². The minimum Gasteiger partial charge on any atom is -0.391 e. The van der Waals surface area contributed by atoms with E-state index in [9.17, 15) is 5.11 Å². The second-order valence-electron chi connectivity index (χ2n) is 4.23. The second-order valence-corrected chi connectivity index (χ2v) is 5.09. The van der Waals surface area contributed by atoms with Crippen molar-refractivity contribution in [3.8, 4) is 0 Å². The Bertz CT molecular complexity index is 353. The van der Waals surface area contributed by atoms with Crippen LogP contribution in [0.5, 0.6) is 0 Å². The number of aryl methyl sites for hydroxylation is 1. The molecule has 0 heterocycles. The van der Waals surface area contributed by atoms with E-state index in [1.54, 1.807) is 0 Å². The average molecular weight is 270 g/mol. The van der Waals surface area contributed by atoms with Gasteiger partial charge in [-0.25, -0.2) is 0 Å². The number of halogens is 1. The van der Waals surface area contributed by atoms with Crippen LogP contribution in [0, 0.1) is 6.92 Å². The topological polar surface area (TPSA) is 32.3 Å². The highest BCUT2D eigenvalue weighted by molar-refractivity contribution is 9.10. The van der Waals surface area contributed by atoms with Gasteiger partial charge in [-0.2, -0.15) is 0 Å². The van der Waals surface area contributed by atoms with Crippen LogP contribution in [0.25, 0.3) is 0 Å². The molecule has 0 saturated heterocycles. The molecule has 1 aromatic carbocycles. The first-order valence-electron chi connectivity index (χ1n) is 5.37. The molecule has 1 fully saturated rings. The molecule has 0 amide bonds. The van der Waals surface area contributed by atoms with Crippen LogP contribution in [0.4, 0.5) is 5.69 Å². The fraction of sp³-hybridized carbons (Fsp3) is 0.500. The number of aliphatic hydroxyl groups excluding tert-OH is 1. The van der Waals surface area contributed by atoms with Gasteiger partial charge in [0.05, 0.1) is 12.1 Å². The van der Waals surface area contributed by atoms with Crippen molar-refractivity contribution in [1.82, 2.24) is 0 Å². The SMILES string of the molecule is Cc1ccc(NC2CCCC2O)c(Br)c1. The molecule has 2 rings (SSSR count). The fourth-order valence-corrected chi connectivity index (χ4v) is 2.65. The van der Waals surface area contributed by atoms with Crippen molar-refractivity contribution in [3.05, 3.63) is 28.2 Å². The molecule has 15 heavy (non-hydrogen) atoms. The number of benzene rings is 1. The van der Waals surface area contributed by atoms with E-state index in [-0.39, 0.29) is 12.1 Å². The lowest BCUT2D eigenvalue weighted by Gasteiger charge is -2.19. The largest absolute Gasteiger partial charge is 0.391 e. The van der Waals surface area contributed by atoms with E-state index in [1.165, 1.54) is 5.56 Å². The van der Waals surface area contributed by atoms with Gasteiger partial charge < -0.3 is 10.4 Å². The van der Waals surface area contributed by atoms with Gasteiger partial charge in [0.15, 0.2) is 0 Å². The summed E-state index contributed by atoms with van der Waals surface area (Å²) in [6.07, 6.45) is 2.89. The van der Waals surface area contributed by atoms with E-state index in [0.29, 0.717) is 0 Å². The Balaban J connectivity index is 2.10. The Morgan fingerprint density at radius 3 is 2.80 bits per heavy atom. The number of hydrogen-bond acceptors (Lipinski definition) is 2. The van der Waals surface area contributed by atoms with Gasteiger partial charge in [-0.3, -0.25) is 0 Å². The van der Waals surface area contributed by atoms with Crippen molar-refractivity contribution >= 4 is 21.6 Å². The van der Waals surface area contributed by atoms with Crippen LogP contribution in [0.15, 0.2) is 22.7 Å². The van der Waals surface area contributed by atoms with Crippen LogP contribution in [0.3, 0.4) is 0 Å². The van der Waals surface area contributed by atoms with Gasteiger partial charge in [0, 0.05) is 10.2 Å². The van der Waals surface area contributed by atoms with Crippen molar-refractivity contribution < 1.29 is 5.11 Å². The lowest BCUT2D eigenvalue weighted by molar-refractivity contribution is 0.172. The van der Waals surface area contributed by atoms with Crippen molar-refractivity contribution in [2.45, 2.75) is 38.3 Å². The molecule has 0 bridgehead atoms. The third-order valence-electron chi connectivity index (χ3n) is 2.94. The van der Waals surface area contributed by atoms with Crippen molar-refractivity contribution in [2.24, 2.45) is 0 Å². The summed E-state index contributed by atoms with van der Waals surface area (Å²) in [6, 6.07) is 6.44. The molecule has 1 aliphatic carbocycles. The third kappa shape index (κ3) is 2.52. The molecule has 2 N–H and O–H groups in total. The van der Waals surface area contributed by atoms with Gasteiger partial charge in [0.1, 0.15) is 0 Å². The highest BCUT2D eigenvalue weighted by atomic mass is 79.9. The van der Waals surface area contributed by atoms with Crippen LogP contribution in [-0.4, -0.2) is 17.3 Å². The zero-order chi connectivity index (χ0) is 10.8. The predicted octanol–water partition coefficient (Wildman–Crippen LogP) is 3.08. The first-order valence-corrected chi connectivity index (χ1v) is 6.17. The molecule has 2 atom stereocenters. The Labute approximate surface area is 98.8 Å². The minimum atomic E-state index is -0.196. The Morgan fingerprint density at radius 2 is 2.20 bits per heavy atom. The first-order chi connectivity index (χ1) is 7.16. The van der Waals surface area contributed by atoms with Gasteiger partial charge in [0.2, 0.25) is 0 Å². The smallest absolute Gasteiger partial charge is 0.0741 e. The molecule has 0 aliphatic heterocycles. The molecule has 3 heteroatoms. The summed E-state index contributed by atoms with van der Waals surface area (Å²) >= 11 is 3.53. The van der Waals surface area contributed by atoms with Crippen LogP contribution >= 0.6 is 15.9 Å². The maximum absolute atomic E-state index is 9.72. The highest BCUT2D eigenvalue weighted by Gasteiger charge is 2.25. The second kappa shape index (κ2) is 4.54. The molecule has 1 aliphatic rings. The van der Waals surface area contributed by atoms with Crippen molar-refractivity contribution in [1.29, 1.82) is 0 Å². The maximum Gasteiger partial charge on any atom is 0.0741 e. The van der Waals surface area contributed by atoms with Crippen molar-refractivity contribution in [3.63, 3.8) is 0 Å². The monoisotopic (exact) mass is 269 g/mol. The van der Waals surface area contributed by atoms with Gasteiger partial charge in [-0.05, 0) is 59.8 Å². The Hall–Kier alpha value is -0.540. The number of nitrogens with one attached hydrogen (secondary N) is 1. The van der Waals surface area contributed by atoms with Gasteiger partial charge >= 0.3 is 0 Å². The summed E-state index contributed by atoms with van der Waals surface area (Å²) < 4.78 is 1.07. The summed E-state index contributed by atoms with van der Waals surface area (Å²) in [5.41, 5.74) is 2.31. The van der Waals surface area contributed by atoms with E-state index in [0.717, 1.165) is 29.4 Å². The maximum atomic E-state index is 9.72. The fourth-order valence-electron chi connectivity index (χ4n) is 2.05. The summed E-state index contributed by atoms with van der Waals surface area (Å²) in [7, 11) is 0. The lowest BCUT2D eigenvalue weighted by atomic mass is 10.2. The predicted molar refractivity (Wildman–Crippen MR) is 66.1 cm³/mol. The van der Waals surface area contributed by atoms with E-state index < -0.39 is 0 Å². The van der Waals surface area contributed by atoms with Gasteiger partial charge in [0.25, 0.3) is 0 Å². The number of anilines is 1. The van der Waals surface area contributed by atoms with Crippen LogP contribution < -0.4 is 5.32 Å². The highest BCUT2D eigenvalue weighted by Crippen LogP contribution is 2.28. The molecule has 1 aromatic rings. The zero-order valence-electron chi connectivity index (χ0n) is 8.83. The third-order valence-corrected chi connectivity index (χ3v) is 3.60.